The van der Waals surface area contributed by atoms with Gasteiger partial charge in [-0.3, -0.25) is 4.90 Å². The zero-order valence-corrected chi connectivity index (χ0v) is 12.7. The molecular formula is C19H25N. The second kappa shape index (κ2) is 7.86. The highest BCUT2D eigenvalue weighted by atomic mass is 15.1. The molecule has 1 heteroatoms. The van der Waals surface area contributed by atoms with Gasteiger partial charge in [-0.1, -0.05) is 54.6 Å². The summed E-state index contributed by atoms with van der Waals surface area (Å²) in [7, 11) is 0. The third-order valence-electron chi connectivity index (χ3n) is 3.87. The Labute approximate surface area is 123 Å². The Morgan fingerprint density at radius 2 is 1.25 bits per heavy atom. The molecule has 1 heterocycles. The minimum absolute atomic E-state index is 1.14. The van der Waals surface area contributed by atoms with Gasteiger partial charge in [0.05, 0.1) is 0 Å². The molecule has 1 fully saturated rings. The van der Waals surface area contributed by atoms with Crippen molar-refractivity contribution in [2.75, 3.05) is 13.1 Å². The Hall–Kier alpha value is -1.60. The lowest BCUT2D eigenvalue weighted by Gasteiger charge is -2.13. The molecule has 1 aliphatic heterocycles. The van der Waals surface area contributed by atoms with Crippen molar-refractivity contribution < 1.29 is 0 Å². The Balaban J connectivity index is 0.000000160. The maximum atomic E-state index is 2.52. The first-order valence-corrected chi connectivity index (χ1v) is 7.54. The average molecular weight is 267 g/mol. The van der Waals surface area contributed by atoms with E-state index in [0.29, 0.717) is 0 Å². The van der Waals surface area contributed by atoms with Crippen LogP contribution in [-0.4, -0.2) is 18.0 Å². The van der Waals surface area contributed by atoms with Crippen molar-refractivity contribution in [3.05, 3.63) is 71.3 Å². The van der Waals surface area contributed by atoms with Crippen molar-refractivity contribution in [1.82, 2.24) is 4.90 Å². The monoisotopic (exact) mass is 267 g/mol. The summed E-state index contributed by atoms with van der Waals surface area (Å²) in [6, 6.07) is 19.1. The Bertz CT molecular complexity index is 477. The molecule has 0 saturated carbocycles. The van der Waals surface area contributed by atoms with E-state index >= 15 is 0 Å². The molecule has 3 rings (SSSR count). The van der Waals surface area contributed by atoms with Crippen LogP contribution in [0.4, 0.5) is 0 Å². The number of likely N-dealkylation sites (tertiary alicyclic amines) is 1. The summed E-state index contributed by atoms with van der Waals surface area (Å²) in [5, 5.41) is 0. The number of hydrogen-bond acceptors (Lipinski definition) is 1. The number of benzene rings is 2. The van der Waals surface area contributed by atoms with Gasteiger partial charge in [0.2, 0.25) is 0 Å². The van der Waals surface area contributed by atoms with Crippen LogP contribution in [0.2, 0.25) is 0 Å². The summed E-state index contributed by atoms with van der Waals surface area (Å²) in [4.78, 5) is 2.52. The van der Waals surface area contributed by atoms with E-state index in [0.717, 1.165) is 6.54 Å². The van der Waals surface area contributed by atoms with Gasteiger partial charge < -0.3 is 0 Å². The average Bonchev–Trinajstić information content (AvgIpc) is 2.97. The first-order chi connectivity index (χ1) is 9.75. The molecule has 0 unspecified atom stereocenters. The quantitative estimate of drug-likeness (QED) is 0.769. The lowest BCUT2D eigenvalue weighted by atomic mass is 10.1. The van der Waals surface area contributed by atoms with Gasteiger partial charge in [0, 0.05) is 6.54 Å². The van der Waals surface area contributed by atoms with Crippen molar-refractivity contribution in [2.45, 2.75) is 33.2 Å². The number of hydrogen-bond donors (Lipinski definition) is 0. The predicted octanol–water partition coefficient (Wildman–Crippen LogP) is 4.59. The lowest BCUT2D eigenvalue weighted by Crippen LogP contribution is -2.18. The van der Waals surface area contributed by atoms with E-state index in [2.05, 4.69) is 73.3 Å². The fourth-order valence-corrected chi connectivity index (χ4v) is 2.45. The van der Waals surface area contributed by atoms with Crippen molar-refractivity contribution in [3.63, 3.8) is 0 Å². The molecule has 0 atom stereocenters. The number of aryl methyl sites for hydroxylation is 2. The number of rotatable bonds is 2. The topological polar surface area (TPSA) is 3.24 Å². The summed E-state index contributed by atoms with van der Waals surface area (Å²) in [5.74, 6) is 0. The van der Waals surface area contributed by atoms with Crippen LogP contribution in [0.25, 0.3) is 0 Å². The van der Waals surface area contributed by atoms with E-state index in [1.54, 1.807) is 0 Å². The van der Waals surface area contributed by atoms with E-state index in [4.69, 9.17) is 0 Å². The van der Waals surface area contributed by atoms with Gasteiger partial charge >= 0.3 is 0 Å². The first kappa shape index (κ1) is 14.8. The molecule has 1 aliphatic rings. The van der Waals surface area contributed by atoms with Gasteiger partial charge in [0.25, 0.3) is 0 Å². The van der Waals surface area contributed by atoms with E-state index < -0.39 is 0 Å². The molecule has 20 heavy (non-hydrogen) atoms. The highest BCUT2D eigenvalue weighted by Gasteiger charge is 2.10. The molecule has 0 bridgehead atoms. The van der Waals surface area contributed by atoms with Crippen molar-refractivity contribution in [2.24, 2.45) is 0 Å². The normalized spacial score (nSPS) is 14.7. The molecule has 0 radical (unpaired) electrons. The van der Waals surface area contributed by atoms with Crippen LogP contribution in [0.15, 0.2) is 54.6 Å². The Kier molecular flexibility index (Phi) is 5.82. The minimum atomic E-state index is 1.14. The molecule has 0 aliphatic carbocycles. The number of nitrogens with zero attached hydrogens (tertiary/aromatic N) is 1. The molecular weight excluding hydrogens is 242 g/mol. The summed E-state index contributed by atoms with van der Waals surface area (Å²) < 4.78 is 0. The summed E-state index contributed by atoms with van der Waals surface area (Å²) >= 11 is 0. The molecule has 1 saturated heterocycles. The maximum absolute atomic E-state index is 2.52. The van der Waals surface area contributed by atoms with Gasteiger partial charge in [0.15, 0.2) is 0 Å². The second-order valence-corrected chi connectivity index (χ2v) is 5.55. The van der Waals surface area contributed by atoms with Gasteiger partial charge in [0.1, 0.15) is 0 Å². The maximum Gasteiger partial charge on any atom is 0.0233 e. The van der Waals surface area contributed by atoms with Crippen LogP contribution in [0.5, 0.6) is 0 Å². The molecule has 1 nitrogen and oxygen atoms in total. The van der Waals surface area contributed by atoms with Gasteiger partial charge in [-0.25, -0.2) is 0 Å². The zero-order valence-electron chi connectivity index (χ0n) is 12.7. The van der Waals surface area contributed by atoms with Crippen LogP contribution in [0, 0.1) is 13.8 Å². The highest BCUT2D eigenvalue weighted by molar-refractivity contribution is 5.23. The van der Waals surface area contributed by atoms with Crippen LogP contribution >= 0.6 is 0 Å². The lowest BCUT2D eigenvalue weighted by molar-refractivity contribution is 0.331. The summed E-state index contributed by atoms with van der Waals surface area (Å²) in [5.41, 5.74) is 4.18. The van der Waals surface area contributed by atoms with Crippen LogP contribution < -0.4 is 0 Å². The smallest absolute Gasteiger partial charge is 0.0233 e. The van der Waals surface area contributed by atoms with E-state index in [-0.39, 0.29) is 0 Å². The third-order valence-corrected chi connectivity index (χ3v) is 3.87. The van der Waals surface area contributed by atoms with Crippen molar-refractivity contribution in [3.8, 4) is 0 Å². The van der Waals surface area contributed by atoms with Crippen LogP contribution in [0.3, 0.4) is 0 Å². The summed E-state index contributed by atoms with van der Waals surface area (Å²) in [6.45, 7) is 7.95. The highest BCUT2D eigenvalue weighted by Crippen LogP contribution is 2.11. The Morgan fingerprint density at radius 1 is 0.750 bits per heavy atom. The molecule has 0 N–H and O–H groups in total. The first-order valence-electron chi connectivity index (χ1n) is 7.54. The van der Waals surface area contributed by atoms with E-state index in [1.807, 2.05) is 0 Å². The minimum Gasteiger partial charge on any atom is -0.299 e. The fourth-order valence-electron chi connectivity index (χ4n) is 2.45. The summed E-state index contributed by atoms with van der Waals surface area (Å²) in [6.07, 6.45) is 2.76. The molecule has 2 aromatic carbocycles. The van der Waals surface area contributed by atoms with Crippen LogP contribution in [0.1, 0.15) is 29.5 Å². The molecule has 0 aromatic heterocycles. The molecule has 106 valence electrons. The van der Waals surface area contributed by atoms with Gasteiger partial charge in [-0.2, -0.15) is 0 Å². The SMILES string of the molecule is Cc1ccccc1C.c1ccc(CN2CCCC2)cc1. The van der Waals surface area contributed by atoms with E-state index in [1.165, 1.54) is 42.6 Å². The zero-order chi connectivity index (χ0) is 14.2. The molecule has 0 spiro atoms. The third kappa shape index (κ3) is 4.82. The van der Waals surface area contributed by atoms with Crippen molar-refractivity contribution in [1.29, 1.82) is 0 Å². The largest absolute Gasteiger partial charge is 0.299 e. The van der Waals surface area contributed by atoms with Gasteiger partial charge in [-0.15, -0.1) is 0 Å². The second-order valence-electron chi connectivity index (χ2n) is 5.55. The fraction of sp³-hybridized carbons (Fsp3) is 0.368. The molecule has 0 amide bonds. The van der Waals surface area contributed by atoms with Gasteiger partial charge in [-0.05, 0) is 56.5 Å². The Morgan fingerprint density at radius 3 is 1.75 bits per heavy atom. The predicted molar refractivity (Wildman–Crippen MR) is 86.9 cm³/mol. The van der Waals surface area contributed by atoms with E-state index in [9.17, 15) is 0 Å². The van der Waals surface area contributed by atoms with Crippen molar-refractivity contribution >= 4 is 0 Å². The molecule has 2 aromatic rings. The standard InChI is InChI=1S/C11H15N.C8H10/c1-2-6-11(7-3-1)10-12-8-4-5-9-12;1-7-5-3-4-6-8(7)2/h1-3,6-7H,4-5,8-10H2;3-6H,1-2H3. The van der Waals surface area contributed by atoms with Crippen LogP contribution in [-0.2, 0) is 6.54 Å².